The van der Waals surface area contributed by atoms with Gasteiger partial charge in [-0.15, -0.1) is 0 Å². The van der Waals surface area contributed by atoms with Crippen molar-refractivity contribution >= 4 is 17.4 Å². The van der Waals surface area contributed by atoms with Crippen molar-refractivity contribution in [1.29, 1.82) is 0 Å². The zero-order chi connectivity index (χ0) is 24.9. The van der Waals surface area contributed by atoms with Gasteiger partial charge in [0, 0.05) is 25.1 Å². The Morgan fingerprint density at radius 2 is 1.86 bits per heavy atom. The first-order valence-corrected chi connectivity index (χ1v) is 12.4. The number of carbonyl (C=O) groups excluding carboxylic acids is 2. The molecule has 3 aliphatic heterocycles. The maximum absolute atomic E-state index is 13.3. The maximum atomic E-state index is 13.3. The first kappa shape index (κ1) is 23.6. The maximum Gasteiger partial charge on any atom is 0.295 e. The van der Waals surface area contributed by atoms with Crippen molar-refractivity contribution in [2.45, 2.75) is 70.6 Å². The normalized spacial score (nSPS) is 25.7. The van der Waals surface area contributed by atoms with Crippen LogP contribution in [0.4, 0.5) is 0 Å². The lowest BCUT2D eigenvalue weighted by Gasteiger charge is -2.28. The Balaban J connectivity index is 1.59. The van der Waals surface area contributed by atoms with E-state index in [0.717, 1.165) is 41.7 Å². The van der Waals surface area contributed by atoms with Gasteiger partial charge in [0.05, 0.1) is 17.7 Å². The number of Topliss-reactive ketones (excluding diaryl/α,β-unsaturated/α-hetero) is 1. The number of nitrogens with zero attached hydrogens (tertiary/aromatic N) is 1. The summed E-state index contributed by atoms with van der Waals surface area (Å²) in [6.45, 7) is 9.41. The summed E-state index contributed by atoms with van der Waals surface area (Å²) in [5, 5.41) is 11.4. The molecule has 0 radical (unpaired) electrons. The summed E-state index contributed by atoms with van der Waals surface area (Å²) in [7, 11) is 0. The summed E-state index contributed by atoms with van der Waals surface area (Å²) in [5.41, 5.74) is 3.57. The third-order valence-corrected chi connectivity index (χ3v) is 7.23. The summed E-state index contributed by atoms with van der Waals surface area (Å²) in [5.74, 6) is -0.604. The molecule has 0 unspecified atom stereocenters. The number of hydrogen-bond acceptors (Lipinski definition) is 5. The van der Waals surface area contributed by atoms with Crippen LogP contribution in [0.15, 0.2) is 48.0 Å². The highest BCUT2D eigenvalue weighted by Crippen LogP contribution is 2.41. The van der Waals surface area contributed by atoms with E-state index in [9.17, 15) is 14.7 Å². The van der Waals surface area contributed by atoms with Crippen molar-refractivity contribution in [2.24, 2.45) is 0 Å². The summed E-state index contributed by atoms with van der Waals surface area (Å²) in [6, 6.07) is 12.8. The van der Waals surface area contributed by atoms with Crippen molar-refractivity contribution in [3.63, 3.8) is 0 Å². The molecule has 2 fully saturated rings. The van der Waals surface area contributed by atoms with Crippen LogP contribution in [-0.4, -0.2) is 47.1 Å². The average molecular weight is 476 g/mol. The largest absolute Gasteiger partial charge is 0.507 e. The molecule has 0 saturated carbocycles. The molecule has 1 N–H and O–H groups in total. The molecule has 2 saturated heterocycles. The number of ketones is 1. The topological polar surface area (TPSA) is 76.1 Å². The predicted octanol–water partition coefficient (Wildman–Crippen LogP) is 4.91. The highest BCUT2D eigenvalue weighted by molar-refractivity contribution is 6.46. The van der Waals surface area contributed by atoms with Gasteiger partial charge in [0.1, 0.15) is 17.6 Å². The molecule has 3 atom stereocenters. The number of ether oxygens (including phenoxy) is 2. The number of hydrogen-bond donors (Lipinski definition) is 1. The lowest BCUT2D eigenvalue weighted by atomic mass is 9.85. The molecule has 2 aromatic rings. The molecule has 3 aliphatic rings. The fourth-order valence-electron chi connectivity index (χ4n) is 5.31. The SMILES string of the molecule is C[C@H]1Cc2cc(C(O)=C3C(=O)C(=O)N(C[C@@H]4CCCO4)[C@H]3c3ccc(C(C)(C)C)cc3)ccc2O1. The fourth-order valence-corrected chi connectivity index (χ4v) is 5.31. The van der Waals surface area contributed by atoms with Gasteiger partial charge in [0.15, 0.2) is 0 Å². The van der Waals surface area contributed by atoms with E-state index in [1.807, 2.05) is 43.3 Å². The Morgan fingerprint density at radius 1 is 1.11 bits per heavy atom. The third-order valence-electron chi connectivity index (χ3n) is 7.23. The monoisotopic (exact) mass is 475 g/mol. The minimum Gasteiger partial charge on any atom is -0.507 e. The van der Waals surface area contributed by atoms with E-state index in [1.165, 1.54) is 0 Å². The van der Waals surface area contributed by atoms with E-state index in [0.29, 0.717) is 18.7 Å². The number of fused-ring (bicyclic) bond motifs is 1. The van der Waals surface area contributed by atoms with Gasteiger partial charge in [-0.3, -0.25) is 9.59 Å². The molecule has 6 nitrogen and oxygen atoms in total. The Kier molecular flexibility index (Phi) is 5.96. The predicted molar refractivity (Wildman–Crippen MR) is 133 cm³/mol. The summed E-state index contributed by atoms with van der Waals surface area (Å²) >= 11 is 0. The van der Waals surface area contributed by atoms with Gasteiger partial charge >= 0.3 is 0 Å². The second kappa shape index (κ2) is 8.83. The van der Waals surface area contributed by atoms with E-state index < -0.39 is 17.7 Å². The molecular formula is C29H33NO5. The van der Waals surface area contributed by atoms with Crippen molar-refractivity contribution in [3.05, 3.63) is 70.3 Å². The van der Waals surface area contributed by atoms with Crippen LogP contribution in [0.2, 0.25) is 0 Å². The number of benzene rings is 2. The second-order valence-electron chi connectivity index (χ2n) is 10.9. The first-order valence-electron chi connectivity index (χ1n) is 12.4. The van der Waals surface area contributed by atoms with Crippen LogP contribution in [-0.2, 0) is 26.2 Å². The van der Waals surface area contributed by atoms with E-state index in [2.05, 4.69) is 20.8 Å². The van der Waals surface area contributed by atoms with Crippen molar-refractivity contribution in [2.75, 3.05) is 13.2 Å². The van der Waals surface area contributed by atoms with E-state index in [4.69, 9.17) is 9.47 Å². The fraction of sp³-hybridized carbons (Fsp3) is 0.448. The van der Waals surface area contributed by atoms with Crippen LogP contribution < -0.4 is 4.74 Å². The second-order valence-corrected chi connectivity index (χ2v) is 10.9. The zero-order valence-corrected chi connectivity index (χ0v) is 20.8. The Bertz CT molecular complexity index is 1180. The van der Waals surface area contributed by atoms with Gasteiger partial charge in [0.25, 0.3) is 11.7 Å². The quantitative estimate of drug-likeness (QED) is 0.386. The standard InChI is InChI=1S/C29H33NO5/c1-17-14-20-15-19(9-12-23(20)35-17)26(31)24-25(18-7-10-21(11-8-18)29(2,3)4)30(28(33)27(24)32)16-22-6-5-13-34-22/h7-12,15,17,22,25,31H,5-6,13-14,16H2,1-4H3/t17-,22-,25-/m0/s1. The Hall–Kier alpha value is -3.12. The zero-order valence-electron chi connectivity index (χ0n) is 20.8. The van der Waals surface area contributed by atoms with Crippen LogP contribution in [0.1, 0.15) is 68.8 Å². The van der Waals surface area contributed by atoms with Gasteiger partial charge in [-0.25, -0.2) is 0 Å². The summed E-state index contributed by atoms with van der Waals surface area (Å²) < 4.78 is 11.6. The molecule has 5 rings (SSSR count). The van der Waals surface area contributed by atoms with Crippen LogP contribution >= 0.6 is 0 Å². The van der Waals surface area contributed by atoms with Gasteiger partial charge in [-0.1, -0.05) is 45.0 Å². The van der Waals surface area contributed by atoms with Crippen molar-refractivity contribution in [1.82, 2.24) is 4.90 Å². The number of aliphatic hydroxyl groups excluding tert-OH is 1. The molecule has 0 spiro atoms. The van der Waals surface area contributed by atoms with Gasteiger partial charge < -0.3 is 19.5 Å². The Morgan fingerprint density at radius 3 is 2.51 bits per heavy atom. The van der Waals surface area contributed by atoms with Crippen LogP contribution in [0.3, 0.4) is 0 Å². The number of aliphatic hydroxyl groups is 1. The molecule has 184 valence electrons. The van der Waals surface area contributed by atoms with Gasteiger partial charge in [-0.05, 0) is 60.1 Å². The molecule has 0 bridgehead atoms. The average Bonchev–Trinajstić information content (AvgIpc) is 3.52. The van der Waals surface area contributed by atoms with E-state index in [-0.39, 0.29) is 29.0 Å². The number of amides is 1. The summed E-state index contributed by atoms with van der Waals surface area (Å²) in [4.78, 5) is 28.1. The van der Waals surface area contributed by atoms with Crippen molar-refractivity contribution in [3.8, 4) is 5.75 Å². The number of rotatable bonds is 4. The lowest BCUT2D eigenvalue weighted by molar-refractivity contribution is -0.140. The highest BCUT2D eigenvalue weighted by Gasteiger charge is 2.47. The van der Waals surface area contributed by atoms with Gasteiger partial charge in [0.2, 0.25) is 0 Å². The molecule has 35 heavy (non-hydrogen) atoms. The number of likely N-dealkylation sites (tertiary alicyclic amines) is 1. The number of carbonyl (C=O) groups is 2. The minimum atomic E-state index is -0.670. The molecule has 3 heterocycles. The van der Waals surface area contributed by atoms with Crippen LogP contribution in [0.25, 0.3) is 5.76 Å². The Labute approximate surface area is 206 Å². The smallest absolute Gasteiger partial charge is 0.295 e. The first-order chi connectivity index (χ1) is 16.6. The van der Waals surface area contributed by atoms with E-state index in [1.54, 1.807) is 11.0 Å². The molecule has 6 heteroatoms. The van der Waals surface area contributed by atoms with Crippen LogP contribution in [0.5, 0.6) is 5.75 Å². The molecule has 0 aromatic heterocycles. The minimum absolute atomic E-state index is 0.0261. The molecule has 2 aromatic carbocycles. The molecule has 1 amide bonds. The molecular weight excluding hydrogens is 442 g/mol. The summed E-state index contributed by atoms with van der Waals surface area (Å²) in [6.07, 6.45) is 2.49. The van der Waals surface area contributed by atoms with Crippen LogP contribution in [0, 0.1) is 0 Å². The highest BCUT2D eigenvalue weighted by atomic mass is 16.5. The molecule has 0 aliphatic carbocycles. The van der Waals surface area contributed by atoms with E-state index >= 15 is 0 Å². The lowest BCUT2D eigenvalue weighted by Crippen LogP contribution is -2.36. The third kappa shape index (κ3) is 4.36. The van der Waals surface area contributed by atoms with Gasteiger partial charge in [-0.2, -0.15) is 0 Å². The van der Waals surface area contributed by atoms with Crippen molar-refractivity contribution < 1.29 is 24.2 Å².